The van der Waals surface area contributed by atoms with Gasteiger partial charge in [-0.05, 0) is 11.6 Å². The van der Waals surface area contributed by atoms with Gasteiger partial charge < -0.3 is 24.8 Å². The van der Waals surface area contributed by atoms with Gasteiger partial charge in [-0.1, -0.05) is 0 Å². The van der Waals surface area contributed by atoms with E-state index in [2.05, 4.69) is 20.4 Å². The maximum atomic E-state index is 12.1. The molecule has 2 N–H and O–H groups in total. The van der Waals surface area contributed by atoms with Crippen molar-refractivity contribution in [2.45, 2.75) is 18.8 Å². The van der Waals surface area contributed by atoms with Crippen LogP contribution in [0.4, 0.5) is 18.0 Å². The molecule has 1 atom stereocenters. The lowest BCUT2D eigenvalue weighted by atomic mass is 10.2. The third kappa shape index (κ3) is 7.01. The Morgan fingerprint density at radius 2 is 2.21 bits per heavy atom. The number of carbonyl (C=O) groups excluding carboxylic acids is 1. The third-order valence-corrected chi connectivity index (χ3v) is 3.01. The van der Waals surface area contributed by atoms with Gasteiger partial charge in [0.2, 0.25) is 5.88 Å². The molecule has 1 aromatic rings. The summed E-state index contributed by atoms with van der Waals surface area (Å²) in [4.78, 5) is 15.4. The fourth-order valence-corrected chi connectivity index (χ4v) is 1.90. The van der Waals surface area contributed by atoms with Gasteiger partial charge in [-0.2, -0.15) is 13.2 Å². The van der Waals surface area contributed by atoms with Crippen LogP contribution in [-0.2, 0) is 16.0 Å². The van der Waals surface area contributed by atoms with E-state index in [0.29, 0.717) is 31.9 Å². The van der Waals surface area contributed by atoms with Crippen LogP contribution < -0.4 is 15.4 Å². The Morgan fingerprint density at radius 1 is 1.38 bits per heavy atom. The van der Waals surface area contributed by atoms with Gasteiger partial charge in [0.1, 0.15) is 0 Å². The zero-order chi connectivity index (χ0) is 17.4. The van der Waals surface area contributed by atoms with E-state index in [1.165, 1.54) is 12.3 Å². The molecule has 2 heterocycles. The number of halogens is 3. The molecule has 10 heteroatoms. The summed E-state index contributed by atoms with van der Waals surface area (Å²) in [5, 5.41) is 5.22. The fourth-order valence-electron chi connectivity index (χ4n) is 1.90. The molecule has 0 unspecified atom stereocenters. The second-order valence-electron chi connectivity index (χ2n) is 5.04. The summed E-state index contributed by atoms with van der Waals surface area (Å²) >= 11 is 0. The minimum absolute atomic E-state index is 0.124. The van der Waals surface area contributed by atoms with E-state index in [1.54, 1.807) is 6.07 Å². The van der Waals surface area contributed by atoms with Crippen molar-refractivity contribution < 1.29 is 32.2 Å². The van der Waals surface area contributed by atoms with Crippen LogP contribution in [-0.4, -0.2) is 56.3 Å². The third-order valence-electron chi connectivity index (χ3n) is 3.01. The Kier molecular flexibility index (Phi) is 6.62. The first kappa shape index (κ1) is 18.3. The van der Waals surface area contributed by atoms with Gasteiger partial charge >= 0.3 is 12.2 Å². The van der Waals surface area contributed by atoms with Crippen LogP contribution in [0.1, 0.15) is 5.56 Å². The molecule has 0 saturated carbocycles. The molecule has 2 amide bonds. The van der Waals surface area contributed by atoms with E-state index in [-0.39, 0.29) is 18.5 Å². The van der Waals surface area contributed by atoms with Crippen molar-refractivity contribution >= 4 is 6.03 Å². The predicted molar refractivity (Wildman–Crippen MR) is 76.6 cm³/mol. The quantitative estimate of drug-likeness (QED) is 0.808. The summed E-state index contributed by atoms with van der Waals surface area (Å²) in [5.74, 6) is -0.153. The van der Waals surface area contributed by atoms with E-state index in [0.717, 1.165) is 0 Å². The van der Waals surface area contributed by atoms with E-state index < -0.39 is 18.8 Å². The first-order chi connectivity index (χ1) is 11.4. The Bertz CT molecular complexity index is 536. The molecule has 0 aromatic carbocycles. The van der Waals surface area contributed by atoms with Crippen molar-refractivity contribution in [1.82, 2.24) is 15.6 Å². The number of nitrogens with zero attached hydrogens (tertiary/aromatic N) is 1. The number of urea groups is 1. The lowest BCUT2D eigenvalue weighted by Gasteiger charge is -2.23. The van der Waals surface area contributed by atoms with E-state index in [1.807, 2.05) is 0 Å². The first-order valence-electron chi connectivity index (χ1n) is 7.28. The minimum atomic E-state index is -4.43. The van der Waals surface area contributed by atoms with E-state index in [4.69, 9.17) is 9.47 Å². The van der Waals surface area contributed by atoms with Crippen LogP contribution in [0.15, 0.2) is 18.3 Å². The van der Waals surface area contributed by atoms with Crippen molar-refractivity contribution in [2.75, 3.05) is 33.0 Å². The van der Waals surface area contributed by atoms with Crippen LogP contribution >= 0.6 is 0 Å². The molecule has 24 heavy (non-hydrogen) atoms. The van der Waals surface area contributed by atoms with Gasteiger partial charge in [0.15, 0.2) is 6.61 Å². The number of amides is 2. The van der Waals surface area contributed by atoms with E-state index in [9.17, 15) is 18.0 Å². The number of alkyl halides is 3. The molecule has 1 aromatic heterocycles. The molecule has 1 saturated heterocycles. The van der Waals surface area contributed by atoms with E-state index >= 15 is 0 Å². The summed E-state index contributed by atoms with van der Waals surface area (Å²) in [6.07, 6.45) is -3.30. The fraction of sp³-hybridized carbons (Fsp3) is 0.571. The summed E-state index contributed by atoms with van der Waals surface area (Å²) in [7, 11) is 0. The summed E-state index contributed by atoms with van der Waals surface area (Å²) in [6.45, 7) is 0.474. The maximum Gasteiger partial charge on any atom is 0.422 e. The highest BCUT2D eigenvalue weighted by molar-refractivity contribution is 5.73. The Balaban J connectivity index is 1.71. The molecular weight excluding hydrogens is 331 g/mol. The number of carbonyl (C=O) groups is 1. The lowest BCUT2D eigenvalue weighted by molar-refractivity contribution is -0.154. The maximum absolute atomic E-state index is 12.1. The smallest absolute Gasteiger partial charge is 0.422 e. The highest BCUT2D eigenvalue weighted by Gasteiger charge is 2.28. The molecule has 2 rings (SSSR count). The van der Waals surface area contributed by atoms with Gasteiger partial charge in [-0.25, -0.2) is 9.78 Å². The van der Waals surface area contributed by atoms with Crippen LogP contribution in [0.2, 0.25) is 0 Å². The Hall–Kier alpha value is -2.07. The van der Waals surface area contributed by atoms with Gasteiger partial charge in [0.25, 0.3) is 0 Å². The highest BCUT2D eigenvalue weighted by Crippen LogP contribution is 2.17. The van der Waals surface area contributed by atoms with Gasteiger partial charge in [-0.15, -0.1) is 0 Å². The normalized spacial score (nSPS) is 18.0. The molecule has 134 valence electrons. The average Bonchev–Trinajstić information content (AvgIpc) is 2.57. The first-order valence-corrected chi connectivity index (χ1v) is 7.28. The van der Waals surface area contributed by atoms with Crippen molar-refractivity contribution in [3.8, 4) is 5.88 Å². The topological polar surface area (TPSA) is 81.7 Å². The Labute approximate surface area is 136 Å². The summed E-state index contributed by atoms with van der Waals surface area (Å²) in [6, 6.07) is 2.49. The highest BCUT2D eigenvalue weighted by atomic mass is 19.4. The second-order valence-corrected chi connectivity index (χ2v) is 5.04. The van der Waals surface area contributed by atoms with Crippen LogP contribution in [0, 0.1) is 0 Å². The zero-order valence-corrected chi connectivity index (χ0v) is 12.8. The largest absolute Gasteiger partial charge is 0.468 e. The monoisotopic (exact) mass is 349 g/mol. The molecule has 0 aliphatic carbocycles. The summed E-state index contributed by atoms with van der Waals surface area (Å²) < 4.78 is 51.4. The van der Waals surface area contributed by atoms with Crippen LogP contribution in [0.5, 0.6) is 5.88 Å². The standard InChI is InChI=1S/C14H18F3N3O4/c15-14(16,17)9-24-12-5-10(1-2-18-12)6-19-13(21)20-7-11-8-22-3-4-23-11/h1-2,5,11H,3-4,6-9H2,(H2,19,20,21)/t11-/m1/s1. The molecule has 7 nitrogen and oxygen atoms in total. The second kappa shape index (κ2) is 8.69. The Morgan fingerprint density at radius 3 is 2.92 bits per heavy atom. The molecule has 1 fully saturated rings. The minimum Gasteiger partial charge on any atom is -0.468 e. The average molecular weight is 349 g/mol. The number of aromatic nitrogens is 1. The zero-order valence-electron chi connectivity index (χ0n) is 12.8. The van der Waals surface area contributed by atoms with Crippen LogP contribution in [0.25, 0.3) is 0 Å². The summed E-state index contributed by atoms with van der Waals surface area (Å²) in [5.41, 5.74) is 0.564. The van der Waals surface area contributed by atoms with Crippen molar-refractivity contribution in [3.63, 3.8) is 0 Å². The number of rotatable bonds is 6. The van der Waals surface area contributed by atoms with Gasteiger partial charge in [0.05, 0.1) is 25.9 Å². The van der Waals surface area contributed by atoms with Crippen molar-refractivity contribution in [2.24, 2.45) is 0 Å². The van der Waals surface area contributed by atoms with Crippen LogP contribution in [0.3, 0.4) is 0 Å². The van der Waals surface area contributed by atoms with Gasteiger partial charge in [-0.3, -0.25) is 0 Å². The molecule has 0 spiro atoms. The SMILES string of the molecule is O=C(NCc1ccnc(OCC(F)(F)F)c1)NC[C@@H]1COCCO1. The molecule has 1 aliphatic heterocycles. The van der Waals surface area contributed by atoms with Gasteiger partial charge in [0, 0.05) is 25.4 Å². The van der Waals surface area contributed by atoms with Crippen molar-refractivity contribution in [3.05, 3.63) is 23.9 Å². The molecule has 0 bridgehead atoms. The van der Waals surface area contributed by atoms with Crippen molar-refractivity contribution in [1.29, 1.82) is 0 Å². The number of nitrogens with one attached hydrogen (secondary N) is 2. The number of ether oxygens (including phenoxy) is 3. The molecule has 0 radical (unpaired) electrons. The molecule has 1 aliphatic rings. The predicted octanol–water partition coefficient (Wildman–Crippen LogP) is 1.24. The molecular formula is C14H18F3N3O4. The number of hydrogen-bond acceptors (Lipinski definition) is 5. The lowest BCUT2D eigenvalue weighted by Crippen LogP contribution is -2.43. The number of hydrogen-bond donors (Lipinski definition) is 2. The number of pyridine rings is 1.